The van der Waals surface area contributed by atoms with Gasteiger partial charge < -0.3 is 25.3 Å². The van der Waals surface area contributed by atoms with Crippen LogP contribution in [0.4, 0.5) is 11.8 Å². The van der Waals surface area contributed by atoms with Gasteiger partial charge in [-0.25, -0.2) is 15.0 Å². The largest absolute Gasteiger partial charge is 0.488 e. The molecular formula is C25H33N7O2. The summed E-state index contributed by atoms with van der Waals surface area (Å²) in [5.74, 6) is 3.59. The smallest absolute Gasteiger partial charge is 0.229 e. The first-order valence-electron chi connectivity index (χ1n) is 12.2. The Bertz CT molecular complexity index is 1130. The molecule has 2 fully saturated rings. The van der Waals surface area contributed by atoms with Crippen molar-refractivity contribution in [1.29, 1.82) is 0 Å². The van der Waals surface area contributed by atoms with Crippen LogP contribution in [0.25, 0.3) is 10.9 Å². The Hall–Kier alpha value is -3.20. The average Bonchev–Trinajstić information content (AvgIpc) is 3.29. The minimum absolute atomic E-state index is 0.0332. The van der Waals surface area contributed by atoms with Crippen molar-refractivity contribution in [1.82, 2.24) is 30.2 Å². The Morgan fingerprint density at radius 2 is 1.88 bits per heavy atom. The molecule has 1 amide bonds. The number of benzene rings is 1. The second-order valence-corrected chi connectivity index (χ2v) is 9.56. The van der Waals surface area contributed by atoms with Crippen LogP contribution >= 0.6 is 0 Å². The van der Waals surface area contributed by atoms with Gasteiger partial charge in [0.15, 0.2) is 0 Å². The molecule has 2 aromatic heterocycles. The lowest BCUT2D eigenvalue weighted by molar-refractivity contribution is -0.120. The molecule has 9 heteroatoms. The van der Waals surface area contributed by atoms with Crippen LogP contribution in [-0.2, 0) is 4.79 Å². The molecule has 1 aromatic carbocycles. The van der Waals surface area contributed by atoms with E-state index in [-0.39, 0.29) is 18.1 Å². The molecule has 0 radical (unpaired) electrons. The lowest BCUT2D eigenvalue weighted by Crippen LogP contribution is -2.38. The highest BCUT2D eigenvalue weighted by Gasteiger charge is 2.24. The maximum atomic E-state index is 11.3. The van der Waals surface area contributed by atoms with Gasteiger partial charge in [0.1, 0.15) is 22.9 Å². The predicted octanol–water partition coefficient (Wildman–Crippen LogP) is 3.73. The van der Waals surface area contributed by atoms with E-state index in [1.807, 2.05) is 30.6 Å². The van der Waals surface area contributed by atoms with Crippen LogP contribution in [0.3, 0.4) is 0 Å². The van der Waals surface area contributed by atoms with Gasteiger partial charge in [-0.3, -0.25) is 4.79 Å². The molecule has 9 nitrogen and oxygen atoms in total. The van der Waals surface area contributed by atoms with Gasteiger partial charge in [0.25, 0.3) is 0 Å². The summed E-state index contributed by atoms with van der Waals surface area (Å²) in [4.78, 5) is 30.9. The molecule has 5 rings (SSSR count). The number of amides is 1. The molecule has 0 atom stereocenters. The van der Waals surface area contributed by atoms with E-state index in [0.29, 0.717) is 11.9 Å². The van der Waals surface area contributed by atoms with Crippen LogP contribution < -0.4 is 15.4 Å². The summed E-state index contributed by atoms with van der Waals surface area (Å²) in [6, 6.07) is 6.18. The topological polar surface area (TPSA) is 108 Å². The van der Waals surface area contributed by atoms with E-state index in [4.69, 9.17) is 9.72 Å². The number of nitrogens with one attached hydrogen (secondary N) is 3. The zero-order valence-electron chi connectivity index (χ0n) is 19.9. The molecule has 3 heterocycles. The van der Waals surface area contributed by atoms with Crippen molar-refractivity contribution >= 4 is 28.6 Å². The Labute approximate surface area is 199 Å². The first kappa shape index (κ1) is 22.6. The van der Waals surface area contributed by atoms with Crippen molar-refractivity contribution in [3.63, 3.8) is 0 Å². The van der Waals surface area contributed by atoms with Crippen LogP contribution in [0.1, 0.15) is 57.2 Å². The summed E-state index contributed by atoms with van der Waals surface area (Å²) in [5, 5.41) is 7.23. The van der Waals surface area contributed by atoms with Gasteiger partial charge in [-0.1, -0.05) is 12.1 Å². The molecule has 0 spiro atoms. The number of nitrogens with zero attached hydrogens (tertiary/aromatic N) is 4. The third-order valence-corrected chi connectivity index (χ3v) is 6.90. The molecule has 0 bridgehead atoms. The second-order valence-electron chi connectivity index (χ2n) is 9.56. The minimum Gasteiger partial charge on any atom is -0.488 e. The molecule has 1 saturated heterocycles. The molecule has 1 aliphatic carbocycles. The van der Waals surface area contributed by atoms with Crippen LogP contribution in [0.15, 0.2) is 30.6 Å². The van der Waals surface area contributed by atoms with Gasteiger partial charge in [-0.05, 0) is 64.7 Å². The summed E-state index contributed by atoms with van der Waals surface area (Å²) in [7, 11) is 2.16. The van der Waals surface area contributed by atoms with Crippen LogP contribution in [0.5, 0.6) is 5.75 Å². The number of aromatic nitrogens is 4. The molecule has 0 unspecified atom stereocenters. The fourth-order valence-corrected chi connectivity index (χ4v) is 4.99. The van der Waals surface area contributed by atoms with Crippen molar-refractivity contribution in [2.45, 2.75) is 63.5 Å². The minimum atomic E-state index is 0.0332. The monoisotopic (exact) mass is 463 g/mol. The standard InChI is InChI=1S/C25H33N7O2/c1-16(33)28-19-6-8-20(9-7-19)34-21-5-3-4-18-14-27-25(31-23(18)21)30-22-15-26-24(29-22)17-10-12-32(2)13-11-17/h3-5,14-15,17,19-20H,6-13H2,1-2H3,(H,26,29)(H,28,33)(H,27,30,31). The Balaban J connectivity index is 1.26. The molecule has 3 N–H and O–H groups in total. The number of H-pyrrole nitrogens is 1. The number of aromatic amines is 1. The molecule has 34 heavy (non-hydrogen) atoms. The molecular weight excluding hydrogens is 430 g/mol. The number of carbonyl (C=O) groups excluding carboxylic acids is 1. The van der Waals surface area contributed by atoms with Gasteiger partial charge in [0.2, 0.25) is 11.9 Å². The zero-order chi connectivity index (χ0) is 23.5. The van der Waals surface area contributed by atoms with Crippen LogP contribution in [-0.4, -0.2) is 63.0 Å². The van der Waals surface area contributed by atoms with Gasteiger partial charge >= 0.3 is 0 Å². The maximum absolute atomic E-state index is 11.3. The SMILES string of the molecule is CC(=O)NC1CCC(Oc2cccc3cnc(Nc4cnc(C5CCN(C)CC5)[nH]4)nc23)CC1. The highest BCUT2D eigenvalue weighted by Crippen LogP contribution is 2.30. The Morgan fingerprint density at radius 3 is 2.65 bits per heavy atom. The maximum Gasteiger partial charge on any atom is 0.229 e. The van der Waals surface area contributed by atoms with Gasteiger partial charge in [-0.2, -0.15) is 0 Å². The third-order valence-electron chi connectivity index (χ3n) is 6.90. The number of hydrogen-bond donors (Lipinski definition) is 3. The van der Waals surface area contributed by atoms with E-state index in [9.17, 15) is 4.79 Å². The fourth-order valence-electron chi connectivity index (χ4n) is 4.99. The number of fused-ring (bicyclic) bond motifs is 1. The summed E-state index contributed by atoms with van der Waals surface area (Å²) >= 11 is 0. The molecule has 180 valence electrons. The normalized spacial score (nSPS) is 21.9. The quantitative estimate of drug-likeness (QED) is 0.511. The van der Waals surface area contributed by atoms with Gasteiger partial charge in [-0.15, -0.1) is 0 Å². The second kappa shape index (κ2) is 9.97. The van der Waals surface area contributed by atoms with E-state index in [1.54, 1.807) is 6.92 Å². The highest BCUT2D eigenvalue weighted by atomic mass is 16.5. The molecule has 1 saturated carbocycles. The van der Waals surface area contributed by atoms with E-state index in [2.05, 4.69) is 37.5 Å². The van der Waals surface area contributed by atoms with E-state index >= 15 is 0 Å². The highest BCUT2D eigenvalue weighted by molar-refractivity contribution is 5.84. The van der Waals surface area contributed by atoms with Crippen molar-refractivity contribution in [2.75, 3.05) is 25.5 Å². The summed E-state index contributed by atoms with van der Waals surface area (Å²) in [5.41, 5.74) is 0.791. The summed E-state index contributed by atoms with van der Waals surface area (Å²) < 4.78 is 6.36. The lowest BCUT2D eigenvalue weighted by atomic mass is 9.93. The molecule has 3 aromatic rings. The van der Waals surface area contributed by atoms with Crippen molar-refractivity contribution in [3.8, 4) is 5.75 Å². The number of likely N-dealkylation sites (tertiary alicyclic amines) is 1. The van der Waals surface area contributed by atoms with E-state index in [0.717, 1.165) is 79.9 Å². The first-order chi connectivity index (χ1) is 16.5. The zero-order valence-corrected chi connectivity index (χ0v) is 19.9. The van der Waals surface area contributed by atoms with Crippen molar-refractivity contribution < 1.29 is 9.53 Å². The average molecular weight is 464 g/mol. The molecule has 2 aliphatic rings. The summed E-state index contributed by atoms with van der Waals surface area (Å²) in [6.45, 7) is 3.77. The van der Waals surface area contributed by atoms with Gasteiger partial charge in [0.05, 0.1) is 12.3 Å². The number of ether oxygens (including phenoxy) is 1. The molecule has 1 aliphatic heterocycles. The van der Waals surface area contributed by atoms with E-state index in [1.165, 1.54) is 0 Å². The Kier molecular flexibility index (Phi) is 6.62. The van der Waals surface area contributed by atoms with E-state index < -0.39 is 0 Å². The third kappa shape index (κ3) is 5.30. The number of imidazole rings is 1. The number of rotatable bonds is 6. The number of piperidine rings is 1. The summed E-state index contributed by atoms with van der Waals surface area (Å²) in [6.07, 6.45) is 9.65. The number of carbonyl (C=O) groups is 1. The van der Waals surface area contributed by atoms with Crippen molar-refractivity contribution in [2.24, 2.45) is 0 Å². The van der Waals surface area contributed by atoms with Crippen LogP contribution in [0, 0.1) is 0 Å². The number of para-hydroxylation sites is 1. The van der Waals surface area contributed by atoms with Crippen LogP contribution in [0.2, 0.25) is 0 Å². The number of anilines is 2. The predicted molar refractivity (Wildman–Crippen MR) is 131 cm³/mol. The van der Waals surface area contributed by atoms with Crippen molar-refractivity contribution in [3.05, 3.63) is 36.4 Å². The number of hydrogen-bond acceptors (Lipinski definition) is 7. The fraction of sp³-hybridized carbons (Fsp3) is 0.520. The van der Waals surface area contributed by atoms with Gasteiger partial charge in [0, 0.05) is 30.5 Å². The Morgan fingerprint density at radius 1 is 1.09 bits per heavy atom. The lowest BCUT2D eigenvalue weighted by Gasteiger charge is -2.29. The first-order valence-corrected chi connectivity index (χ1v) is 12.2.